The summed E-state index contributed by atoms with van der Waals surface area (Å²) in [5, 5.41) is 3.59. The zero-order valence-electron chi connectivity index (χ0n) is 11.4. The van der Waals surface area contributed by atoms with Crippen molar-refractivity contribution in [2.45, 2.75) is 58.5 Å². The van der Waals surface area contributed by atoms with Crippen LogP contribution in [0.15, 0.2) is 0 Å². The molecule has 2 nitrogen and oxygen atoms in total. The second-order valence-corrected chi connectivity index (χ2v) is 6.60. The van der Waals surface area contributed by atoms with E-state index in [1.165, 1.54) is 38.8 Å². The number of likely N-dealkylation sites (tertiary alicyclic amines) is 1. The van der Waals surface area contributed by atoms with Gasteiger partial charge in [-0.25, -0.2) is 0 Å². The minimum absolute atomic E-state index is 0.462. The molecule has 2 rings (SSSR count). The molecule has 0 aromatic rings. The molecular weight excluding hydrogens is 196 g/mol. The van der Waals surface area contributed by atoms with Crippen molar-refractivity contribution in [1.82, 2.24) is 10.2 Å². The number of hydrogen-bond donors (Lipinski definition) is 1. The van der Waals surface area contributed by atoms with Gasteiger partial charge < -0.3 is 5.32 Å². The molecule has 3 unspecified atom stereocenters. The summed E-state index contributed by atoms with van der Waals surface area (Å²) < 4.78 is 0. The van der Waals surface area contributed by atoms with Gasteiger partial charge in [-0.3, -0.25) is 4.90 Å². The predicted molar refractivity (Wildman–Crippen MR) is 69.6 cm³/mol. The largest absolute Gasteiger partial charge is 0.315 e. The van der Waals surface area contributed by atoms with Gasteiger partial charge >= 0.3 is 0 Å². The highest BCUT2D eigenvalue weighted by Gasteiger charge is 2.41. The molecule has 0 bridgehead atoms. The molecule has 1 saturated carbocycles. The van der Waals surface area contributed by atoms with Crippen molar-refractivity contribution < 1.29 is 0 Å². The molecule has 0 radical (unpaired) electrons. The van der Waals surface area contributed by atoms with Crippen molar-refractivity contribution in [3.63, 3.8) is 0 Å². The van der Waals surface area contributed by atoms with Crippen LogP contribution in [0.5, 0.6) is 0 Å². The molecule has 2 fully saturated rings. The van der Waals surface area contributed by atoms with E-state index in [4.69, 9.17) is 0 Å². The number of hydrogen-bond acceptors (Lipinski definition) is 2. The maximum Gasteiger partial charge on any atom is 0.0271 e. The first kappa shape index (κ1) is 12.4. The second kappa shape index (κ2) is 4.66. The van der Waals surface area contributed by atoms with Crippen molar-refractivity contribution in [2.75, 3.05) is 20.1 Å². The predicted octanol–water partition coefficient (Wildman–Crippen LogP) is 2.49. The Morgan fingerprint density at radius 2 is 2.00 bits per heavy atom. The third kappa shape index (κ3) is 2.28. The molecule has 0 aromatic carbocycles. The Labute approximate surface area is 101 Å². The number of nitrogens with one attached hydrogen (secondary N) is 1. The van der Waals surface area contributed by atoms with Crippen LogP contribution in [0.4, 0.5) is 0 Å². The standard InChI is InChI=1S/C14H28N2/c1-11-7-9-16(10-11)12-6-5-8-14(2,3)13(12)15-4/h11-13,15H,5-10H2,1-4H3. The highest BCUT2D eigenvalue weighted by Crippen LogP contribution is 2.38. The van der Waals surface area contributed by atoms with Gasteiger partial charge in [-0.15, -0.1) is 0 Å². The molecule has 16 heavy (non-hydrogen) atoms. The Bertz CT molecular complexity index is 237. The van der Waals surface area contributed by atoms with Gasteiger partial charge in [0.05, 0.1) is 0 Å². The fourth-order valence-electron chi connectivity index (χ4n) is 3.86. The first-order valence-electron chi connectivity index (χ1n) is 6.96. The number of nitrogens with zero attached hydrogens (tertiary/aromatic N) is 1. The summed E-state index contributed by atoms with van der Waals surface area (Å²) in [6.07, 6.45) is 5.56. The molecule has 2 aliphatic rings. The lowest BCUT2D eigenvalue weighted by atomic mass is 9.70. The molecule has 2 heteroatoms. The summed E-state index contributed by atoms with van der Waals surface area (Å²) in [6.45, 7) is 9.89. The van der Waals surface area contributed by atoms with Gasteiger partial charge in [-0.2, -0.15) is 0 Å². The number of likely N-dealkylation sites (N-methyl/N-ethyl adjacent to an activating group) is 1. The van der Waals surface area contributed by atoms with Crippen LogP contribution < -0.4 is 5.32 Å². The van der Waals surface area contributed by atoms with Gasteiger partial charge in [-0.05, 0) is 44.2 Å². The van der Waals surface area contributed by atoms with Crippen LogP contribution in [-0.2, 0) is 0 Å². The molecule has 1 saturated heterocycles. The summed E-state index contributed by atoms with van der Waals surface area (Å²) in [7, 11) is 2.14. The Morgan fingerprint density at radius 1 is 1.25 bits per heavy atom. The Morgan fingerprint density at radius 3 is 2.56 bits per heavy atom. The molecule has 1 N–H and O–H groups in total. The minimum Gasteiger partial charge on any atom is -0.315 e. The fraction of sp³-hybridized carbons (Fsp3) is 1.00. The third-order valence-corrected chi connectivity index (χ3v) is 4.78. The normalized spacial score (nSPS) is 40.1. The lowest BCUT2D eigenvalue weighted by Gasteiger charge is -2.47. The van der Waals surface area contributed by atoms with E-state index in [1.54, 1.807) is 0 Å². The van der Waals surface area contributed by atoms with Gasteiger partial charge in [0.25, 0.3) is 0 Å². The first-order chi connectivity index (χ1) is 7.54. The van der Waals surface area contributed by atoms with E-state index in [2.05, 4.69) is 38.0 Å². The number of rotatable bonds is 2. The van der Waals surface area contributed by atoms with Gasteiger partial charge in [0.15, 0.2) is 0 Å². The van der Waals surface area contributed by atoms with E-state index in [0.29, 0.717) is 11.5 Å². The molecule has 1 heterocycles. The van der Waals surface area contributed by atoms with Gasteiger partial charge in [0.2, 0.25) is 0 Å². The smallest absolute Gasteiger partial charge is 0.0271 e. The first-order valence-corrected chi connectivity index (χ1v) is 6.96. The fourth-order valence-corrected chi connectivity index (χ4v) is 3.86. The van der Waals surface area contributed by atoms with Gasteiger partial charge in [0.1, 0.15) is 0 Å². The van der Waals surface area contributed by atoms with Crippen LogP contribution in [0.2, 0.25) is 0 Å². The quantitative estimate of drug-likeness (QED) is 0.775. The monoisotopic (exact) mass is 224 g/mol. The van der Waals surface area contributed by atoms with Crippen LogP contribution in [0.3, 0.4) is 0 Å². The molecule has 94 valence electrons. The molecule has 1 aliphatic heterocycles. The Balaban J connectivity index is 2.07. The molecule has 0 amide bonds. The summed E-state index contributed by atoms with van der Waals surface area (Å²) in [6, 6.07) is 1.45. The van der Waals surface area contributed by atoms with Crippen LogP contribution >= 0.6 is 0 Å². The summed E-state index contributed by atoms with van der Waals surface area (Å²) in [4.78, 5) is 2.74. The summed E-state index contributed by atoms with van der Waals surface area (Å²) in [5.74, 6) is 0.905. The zero-order chi connectivity index (χ0) is 11.8. The van der Waals surface area contributed by atoms with Crippen molar-refractivity contribution in [3.8, 4) is 0 Å². The van der Waals surface area contributed by atoms with E-state index in [9.17, 15) is 0 Å². The van der Waals surface area contributed by atoms with Gasteiger partial charge in [0, 0.05) is 18.6 Å². The summed E-state index contributed by atoms with van der Waals surface area (Å²) in [5.41, 5.74) is 0.462. The van der Waals surface area contributed by atoms with Crippen LogP contribution in [0.25, 0.3) is 0 Å². The Kier molecular flexibility index (Phi) is 3.60. The Hall–Kier alpha value is -0.0800. The topological polar surface area (TPSA) is 15.3 Å². The third-order valence-electron chi connectivity index (χ3n) is 4.78. The average Bonchev–Trinajstić information content (AvgIpc) is 2.63. The highest BCUT2D eigenvalue weighted by atomic mass is 15.2. The van der Waals surface area contributed by atoms with Crippen molar-refractivity contribution in [3.05, 3.63) is 0 Å². The highest BCUT2D eigenvalue weighted by molar-refractivity contribution is 4.98. The maximum absolute atomic E-state index is 3.59. The van der Waals surface area contributed by atoms with E-state index in [1.807, 2.05) is 0 Å². The van der Waals surface area contributed by atoms with Crippen LogP contribution in [-0.4, -0.2) is 37.1 Å². The maximum atomic E-state index is 3.59. The zero-order valence-corrected chi connectivity index (χ0v) is 11.4. The van der Waals surface area contributed by atoms with Crippen molar-refractivity contribution >= 4 is 0 Å². The van der Waals surface area contributed by atoms with Crippen LogP contribution in [0, 0.1) is 11.3 Å². The van der Waals surface area contributed by atoms with E-state index < -0.39 is 0 Å². The molecule has 0 aromatic heterocycles. The average molecular weight is 224 g/mol. The van der Waals surface area contributed by atoms with E-state index in [0.717, 1.165) is 12.0 Å². The van der Waals surface area contributed by atoms with Crippen molar-refractivity contribution in [2.24, 2.45) is 11.3 Å². The lowest BCUT2D eigenvalue weighted by molar-refractivity contribution is 0.0643. The summed E-state index contributed by atoms with van der Waals surface area (Å²) >= 11 is 0. The van der Waals surface area contributed by atoms with Crippen molar-refractivity contribution in [1.29, 1.82) is 0 Å². The van der Waals surface area contributed by atoms with Crippen LogP contribution in [0.1, 0.15) is 46.5 Å². The minimum atomic E-state index is 0.462. The lowest BCUT2D eigenvalue weighted by Crippen LogP contribution is -2.57. The van der Waals surface area contributed by atoms with E-state index in [-0.39, 0.29) is 0 Å². The van der Waals surface area contributed by atoms with E-state index >= 15 is 0 Å². The molecular formula is C14H28N2. The second-order valence-electron chi connectivity index (χ2n) is 6.60. The SMILES string of the molecule is CNC1C(N2CCC(C)C2)CCCC1(C)C. The van der Waals surface area contributed by atoms with Gasteiger partial charge in [-0.1, -0.05) is 27.2 Å². The molecule has 0 spiro atoms. The molecule has 3 atom stereocenters. The molecule has 1 aliphatic carbocycles.